The number of aliphatic hydroxyl groups excluding tert-OH is 1. The molecule has 4 nitrogen and oxygen atoms in total. The molecule has 2 fully saturated rings. The molecule has 14 heavy (non-hydrogen) atoms. The van der Waals surface area contributed by atoms with Crippen molar-refractivity contribution < 1.29 is 9.90 Å². The zero-order valence-electron chi connectivity index (χ0n) is 8.62. The lowest BCUT2D eigenvalue weighted by atomic mass is 9.99. The van der Waals surface area contributed by atoms with Crippen molar-refractivity contribution in [1.82, 2.24) is 10.2 Å². The topological polar surface area (TPSA) is 52.6 Å². The lowest BCUT2D eigenvalue weighted by molar-refractivity contribution is -0.136. The Kier molecular flexibility index (Phi) is 2.49. The van der Waals surface area contributed by atoms with E-state index in [1.807, 2.05) is 6.92 Å². The van der Waals surface area contributed by atoms with Crippen LogP contribution in [-0.2, 0) is 4.79 Å². The highest BCUT2D eigenvalue weighted by Gasteiger charge is 2.40. The number of carbonyl (C=O) groups is 1. The molecule has 0 saturated carbocycles. The average Bonchev–Trinajstić information content (AvgIpc) is 2.74. The lowest BCUT2D eigenvalue weighted by Crippen LogP contribution is -2.52. The Labute approximate surface area is 84.3 Å². The first-order valence-electron chi connectivity index (χ1n) is 5.34. The van der Waals surface area contributed by atoms with Crippen LogP contribution >= 0.6 is 0 Å². The van der Waals surface area contributed by atoms with Crippen LogP contribution < -0.4 is 5.32 Å². The number of rotatable bonds is 1. The standard InChI is InChI=1S/C10H18N2O2/c1-10(4-2-5-11-10)9(14)12-6-3-8(13)7-12/h8,11,13H,2-7H2,1H3/t8-,10?/m0/s1. The number of nitrogens with zero attached hydrogens (tertiary/aromatic N) is 1. The predicted octanol–water partition coefficient (Wildman–Crippen LogP) is -0.278. The third-order valence-corrected chi connectivity index (χ3v) is 3.29. The number of hydrogen-bond acceptors (Lipinski definition) is 3. The summed E-state index contributed by atoms with van der Waals surface area (Å²) in [4.78, 5) is 13.8. The van der Waals surface area contributed by atoms with Crippen molar-refractivity contribution in [2.24, 2.45) is 0 Å². The Hall–Kier alpha value is -0.610. The summed E-state index contributed by atoms with van der Waals surface area (Å²) in [7, 11) is 0. The van der Waals surface area contributed by atoms with Gasteiger partial charge in [0.2, 0.25) is 5.91 Å². The molecule has 2 saturated heterocycles. The van der Waals surface area contributed by atoms with Gasteiger partial charge in [0, 0.05) is 13.1 Å². The van der Waals surface area contributed by atoms with E-state index in [1.165, 1.54) is 0 Å². The summed E-state index contributed by atoms with van der Waals surface area (Å²) in [5.41, 5.74) is -0.371. The smallest absolute Gasteiger partial charge is 0.242 e. The molecular weight excluding hydrogens is 180 g/mol. The van der Waals surface area contributed by atoms with Gasteiger partial charge < -0.3 is 15.3 Å². The Morgan fingerprint density at radius 2 is 2.43 bits per heavy atom. The van der Waals surface area contributed by atoms with E-state index < -0.39 is 0 Å². The highest BCUT2D eigenvalue weighted by Crippen LogP contribution is 2.23. The van der Waals surface area contributed by atoms with E-state index >= 15 is 0 Å². The van der Waals surface area contributed by atoms with E-state index in [2.05, 4.69) is 5.32 Å². The minimum Gasteiger partial charge on any atom is -0.391 e. The highest BCUT2D eigenvalue weighted by atomic mass is 16.3. The van der Waals surface area contributed by atoms with Gasteiger partial charge in [-0.1, -0.05) is 0 Å². The Balaban J connectivity index is 2.00. The second kappa shape index (κ2) is 3.51. The molecule has 4 heteroatoms. The second-order valence-electron chi connectivity index (χ2n) is 4.56. The fourth-order valence-corrected chi connectivity index (χ4v) is 2.35. The number of aliphatic hydroxyl groups is 1. The lowest BCUT2D eigenvalue weighted by Gasteiger charge is -2.28. The number of β-amino-alcohol motifs (C(OH)–C–C–N with tert-alkyl or cyclic N) is 1. The van der Waals surface area contributed by atoms with Crippen LogP contribution in [0, 0.1) is 0 Å². The quantitative estimate of drug-likeness (QED) is 0.609. The molecule has 0 aromatic heterocycles. The van der Waals surface area contributed by atoms with Crippen molar-refractivity contribution >= 4 is 5.91 Å². The van der Waals surface area contributed by atoms with E-state index in [0.29, 0.717) is 13.1 Å². The molecular formula is C10H18N2O2. The van der Waals surface area contributed by atoms with Crippen LogP contribution in [-0.4, -0.2) is 47.2 Å². The summed E-state index contributed by atoms with van der Waals surface area (Å²) in [6.07, 6.45) is 2.39. The molecule has 0 radical (unpaired) electrons. The maximum atomic E-state index is 12.1. The molecule has 2 N–H and O–H groups in total. The zero-order valence-corrected chi connectivity index (χ0v) is 8.62. The third kappa shape index (κ3) is 1.64. The molecule has 2 aliphatic heterocycles. The average molecular weight is 198 g/mol. The summed E-state index contributed by atoms with van der Waals surface area (Å²) in [6, 6.07) is 0. The number of amides is 1. The number of nitrogens with one attached hydrogen (secondary N) is 1. The molecule has 80 valence electrons. The van der Waals surface area contributed by atoms with E-state index in [4.69, 9.17) is 0 Å². The Morgan fingerprint density at radius 1 is 1.64 bits per heavy atom. The van der Waals surface area contributed by atoms with Crippen molar-refractivity contribution in [2.45, 2.75) is 37.8 Å². The summed E-state index contributed by atoms with van der Waals surface area (Å²) in [6.45, 7) is 4.11. The molecule has 2 atom stereocenters. The van der Waals surface area contributed by atoms with Gasteiger partial charge in [0.15, 0.2) is 0 Å². The molecule has 2 rings (SSSR count). The van der Waals surface area contributed by atoms with Gasteiger partial charge in [-0.15, -0.1) is 0 Å². The molecule has 1 unspecified atom stereocenters. The number of likely N-dealkylation sites (tertiary alicyclic amines) is 1. The van der Waals surface area contributed by atoms with Crippen LogP contribution in [0.3, 0.4) is 0 Å². The van der Waals surface area contributed by atoms with Gasteiger partial charge in [0.1, 0.15) is 0 Å². The minimum absolute atomic E-state index is 0.159. The van der Waals surface area contributed by atoms with Crippen LogP contribution in [0.15, 0.2) is 0 Å². The SMILES string of the molecule is CC1(C(=O)N2CC[C@H](O)C2)CCCN1. The number of carbonyl (C=O) groups excluding carboxylic acids is 1. The van der Waals surface area contributed by atoms with Crippen molar-refractivity contribution in [3.05, 3.63) is 0 Å². The van der Waals surface area contributed by atoms with Crippen LogP contribution in [0.1, 0.15) is 26.2 Å². The molecule has 2 aliphatic rings. The summed E-state index contributed by atoms with van der Waals surface area (Å²) >= 11 is 0. The van der Waals surface area contributed by atoms with Crippen molar-refractivity contribution in [2.75, 3.05) is 19.6 Å². The number of hydrogen-bond donors (Lipinski definition) is 2. The first-order valence-corrected chi connectivity index (χ1v) is 5.34. The molecule has 1 amide bonds. The van der Waals surface area contributed by atoms with Crippen LogP contribution in [0.5, 0.6) is 0 Å². The summed E-state index contributed by atoms with van der Waals surface area (Å²) in [5.74, 6) is 0.159. The molecule has 0 aromatic carbocycles. The highest BCUT2D eigenvalue weighted by molar-refractivity contribution is 5.86. The minimum atomic E-state index is -0.371. The van der Waals surface area contributed by atoms with E-state index in [9.17, 15) is 9.90 Å². The maximum absolute atomic E-state index is 12.1. The van der Waals surface area contributed by atoms with Gasteiger partial charge in [-0.2, -0.15) is 0 Å². The van der Waals surface area contributed by atoms with Crippen LogP contribution in [0.2, 0.25) is 0 Å². The molecule has 0 aliphatic carbocycles. The first kappa shape index (κ1) is 9.93. The van der Waals surface area contributed by atoms with Crippen LogP contribution in [0.4, 0.5) is 0 Å². The summed E-state index contributed by atoms with van der Waals surface area (Å²) < 4.78 is 0. The van der Waals surface area contributed by atoms with Crippen molar-refractivity contribution in [3.8, 4) is 0 Å². The van der Waals surface area contributed by atoms with E-state index in [0.717, 1.165) is 25.8 Å². The van der Waals surface area contributed by atoms with Gasteiger partial charge in [-0.25, -0.2) is 0 Å². The van der Waals surface area contributed by atoms with Gasteiger partial charge in [0.05, 0.1) is 11.6 Å². The van der Waals surface area contributed by atoms with Crippen LogP contribution in [0.25, 0.3) is 0 Å². The molecule has 0 aromatic rings. The van der Waals surface area contributed by atoms with Crippen molar-refractivity contribution in [1.29, 1.82) is 0 Å². The molecule has 2 heterocycles. The monoisotopic (exact) mass is 198 g/mol. The molecule has 0 spiro atoms. The second-order valence-corrected chi connectivity index (χ2v) is 4.56. The van der Waals surface area contributed by atoms with Gasteiger partial charge in [-0.05, 0) is 32.7 Å². The Morgan fingerprint density at radius 3 is 2.93 bits per heavy atom. The first-order chi connectivity index (χ1) is 6.62. The Bertz CT molecular complexity index is 236. The zero-order chi connectivity index (χ0) is 10.2. The normalized spacial score (nSPS) is 37.9. The van der Waals surface area contributed by atoms with E-state index in [-0.39, 0.29) is 17.6 Å². The third-order valence-electron chi connectivity index (χ3n) is 3.29. The molecule has 0 bridgehead atoms. The fraction of sp³-hybridized carbons (Fsp3) is 0.900. The summed E-state index contributed by atoms with van der Waals surface area (Å²) in [5, 5.41) is 12.6. The van der Waals surface area contributed by atoms with Gasteiger partial charge in [0.25, 0.3) is 0 Å². The fourth-order valence-electron chi connectivity index (χ4n) is 2.35. The maximum Gasteiger partial charge on any atom is 0.242 e. The predicted molar refractivity (Wildman–Crippen MR) is 52.8 cm³/mol. The van der Waals surface area contributed by atoms with Crippen molar-refractivity contribution in [3.63, 3.8) is 0 Å². The largest absolute Gasteiger partial charge is 0.391 e. The van der Waals surface area contributed by atoms with E-state index in [1.54, 1.807) is 4.90 Å². The van der Waals surface area contributed by atoms with Gasteiger partial charge >= 0.3 is 0 Å². The van der Waals surface area contributed by atoms with Gasteiger partial charge in [-0.3, -0.25) is 4.79 Å².